The third-order valence-electron chi connectivity index (χ3n) is 0.770. The highest BCUT2D eigenvalue weighted by atomic mass is 35.5. The molecule has 0 rings (SSSR count). The van der Waals surface area contributed by atoms with Crippen LogP contribution in [0, 0.1) is 0 Å². The van der Waals surface area contributed by atoms with Gasteiger partial charge in [0.25, 0.3) is 0 Å². The number of esters is 1. The maximum Gasteiger partial charge on any atom is 0.326 e. The summed E-state index contributed by atoms with van der Waals surface area (Å²) in [6, 6.07) is -1.16. The van der Waals surface area contributed by atoms with Crippen LogP contribution in [0.3, 0.4) is 0 Å². The van der Waals surface area contributed by atoms with Crippen LogP contribution in [-0.4, -0.2) is 29.8 Å². The van der Waals surface area contributed by atoms with E-state index in [0.29, 0.717) is 0 Å². The van der Waals surface area contributed by atoms with Gasteiger partial charge in [-0.1, -0.05) is 11.6 Å². The molecule has 0 bridgehead atoms. The topological polar surface area (TPSA) is 72.5 Å². The minimum Gasteiger partial charge on any atom is -0.468 e. The molecule has 5 heteroatoms. The molecule has 2 atom stereocenters. The van der Waals surface area contributed by atoms with Gasteiger partial charge in [0.15, 0.2) is 5.56 Å². The second-order valence-corrected chi connectivity index (χ2v) is 1.87. The Kier molecular flexibility index (Phi) is 3.53. The second-order valence-electron chi connectivity index (χ2n) is 1.42. The molecule has 0 amide bonds. The molecule has 0 unspecified atom stereocenters. The van der Waals surface area contributed by atoms with Crippen LogP contribution in [0.4, 0.5) is 0 Å². The molecular weight excluding hydrogens is 146 g/mol. The molecule has 4 nitrogen and oxygen atoms in total. The zero-order chi connectivity index (χ0) is 7.44. The summed E-state index contributed by atoms with van der Waals surface area (Å²) in [5.41, 5.74) is 3.64. The number of alkyl halides is 1. The number of aliphatic hydroxyl groups excluding tert-OH is 1. The van der Waals surface area contributed by atoms with Crippen LogP contribution in [-0.2, 0) is 9.53 Å². The van der Waals surface area contributed by atoms with E-state index in [9.17, 15) is 4.79 Å². The lowest BCUT2D eigenvalue weighted by molar-refractivity contribution is -0.143. The maximum atomic E-state index is 10.4. The summed E-state index contributed by atoms with van der Waals surface area (Å²) >= 11 is 5.03. The first-order valence-electron chi connectivity index (χ1n) is 2.25. The highest BCUT2D eigenvalue weighted by Gasteiger charge is 2.20. The van der Waals surface area contributed by atoms with Crippen molar-refractivity contribution in [2.45, 2.75) is 11.6 Å². The van der Waals surface area contributed by atoms with Crippen LogP contribution < -0.4 is 5.73 Å². The molecule has 54 valence electrons. The van der Waals surface area contributed by atoms with Gasteiger partial charge < -0.3 is 15.6 Å². The number of hydrogen-bond acceptors (Lipinski definition) is 4. The van der Waals surface area contributed by atoms with Crippen LogP contribution in [0.1, 0.15) is 0 Å². The van der Waals surface area contributed by atoms with E-state index in [2.05, 4.69) is 4.74 Å². The van der Waals surface area contributed by atoms with Crippen molar-refractivity contribution in [3.63, 3.8) is 0 Å². The molecule has 0 aromatic heterocycles. The zero-order valence-electron chi connectivity index (χ0n) is 4.87. The summed E-state index contributed by atoms with van der Waals surface area (Å²) in [4.78, 5) is 10.4. The van der Waals surface area contributed by atoms with Crippen LogP contribution in [0.25, 0.3) is 0 Å². The van der Waals surface area contributed by atoms with Crippen molar-refractivity contribution in [1.82, 2.24) is 0 Å². The molecule has 0 aliphatic carbocycles. The van der Waals surface area contributed by atoms with Crippen LogP contribution >= 0.6 is 11.6 Å². The molecule has 0 aliphatic rings. The van der Waals surface area contributed by atoms with E-state index in [1.807, 2.05) is 0 Å². The van der Waals surface area contributed by atoms with Crippen molar-refractivity contribution in [3.05, 3.63) is 0 Å². The van der Waals surface area contributed by atoms with E-state index in [-0.39, 0.29) is 0 Å². The lowest BCUT2D eigenvalue weighted by Crippen LogP contribution is -2.39. The Morgan fingerprint density at radius 3 is 2.44 bits per heavy atom. The predicted molar refractivity (Wildman–Crippen MR) is 31.9 cm³/mol. The van der Waals surface area contributed by atoms with Gasteiger partial charge in [0.2, 0.25) is 0 Å². The number of ether oxygens (including phenoxy) is 1. The molecule has 0 aliphatic heterocycles. The minimum absolute atomic E-state index is 0.725. The van der Waals surface area contributed by atoms with E-state index in [4.69, 9.17) is 22.4 Å². The van der Waals surface area contributed by atoms with Crippen LogP contribution in [0.5, 0.6) is 0 Å². The number of aliphatic hydroxyl groups is 1. The molecule has 0 fully saturated rings. The molecule has 0 aromatic carbocycles. The van der Waals surface area contributed by atoms with Gasteiger partial charge in [-0.05, 0) is 0 Å². The third kappa shape index (κ3) is 2.64. The SMILES string of the molecule is COC(=O)[C@@H](N)[C@H](O)Cl. The first-order valence-corrected chi connectivity index (χ1v) is 2.68. The monoisotopic (exact) mass is 153 g/mol. The van der Waals surface area contributed by atoms with Crippen molar-refractivity contribution in [2.24, 2.45) is 5.73 Å². The van der Waals surface area contributed by atoms with E-state index >= 15 is 0 Å². The Balaban J connectivity index is 3.72. The molecule has 3 N–H and O–H groups in total. The normalized spacial score (nSPS) is 16.4. The molecule has 0 spiro atoms. The molecule has 0 heterocycles. The summed E-state index contributed by atoms with van der Waals surface area (Å²) in [6.45, 7) is 0. The van der Waals surface area contributed by atoms with Gasteiger partial charge in [-0.25, -0.2) is 0 Å². The largest absolute Gasteiger partial charge is 0.468 e. The van der Waals surface area contributed by atoms with E-state index < -0.39 is 17.6 Å². The Bertz CT molecular complexity index is 106. The van der Waals surface area contributed by atoms with Crippen molar-refractivity contribution in [3.8, 4) is 0 Å². The molecule has 0 saturated carbocycles. The lowest BCUT2D eigenvalue weighted by Gasteiger charge is -2.08. The first-order chi connectivity index (χ1) is 4.09. The highest BCUT2D eigenvalue weighted by Crippen LogP contribution is 1.96. The van der Waals surface area contributed by atoms with Gasteiger partial charge in [-0.3, -0.25) is 4.79 Å². The number of nitrogens with two attached hydrogens (primary N) is 1. The van der Waals surface area contributed by atoms with E-state index in [1.165, 1.54) is 7.11 Å². The summed E-state index contributed by atoms with van der Waals surface area (Å²) < 4.78 is 4.16. The number of rotatable bonds is 2. The Morgan fingerprint density at radius 1 is 1.89 bits per heavy atom. The summed E-state index contributed by atoms with van der Waals surface area (Å²) in [5, 5.41) is 8.46. The van der Waals surface area contributed by atoms with Crippen molar-refractivity contribution < 1.29 is 14.6 Å². The van der Waals surface area contributed by atoms with Gasteiger partial charge in [0.05, 0.1) is 7.11 Å². The van der Waals surface area contributed by atoms with Crippen molar-refractivity contribution in [2.75, 3.05) is 7.11 Å². The van der Waals surface area contributed by atoms with Crippen molar-refractivity contribution >= 4 is 17.6 Å². The highest BCUT2D eigenvalue weighted by molar-refractivity contribution is 6.21. The predicted octanol–water partition coefficient (Wildman–Crippen LogP) is -0.956. The first kappa shape index (κ1) is 8.68. The lowest BCUT2D eigenvalue weighted by atomic mass is 10.3. The molecular formula is C4H8ClNO3. The molecule has 0 saturated heterocycles. The zero-order valence-corrected chi connectivity index (χ0v) is 5.63. The fourth-order valence-electron chi connectivity index (χ4n) is 0.248. The summed E-state index contributed by atoms with van der Waals surface area (Å²) in [5.74, 6) is -0.725. The van der Waals surface area contributed by atoms with Gasteiger partial charge in [0.1, 0.15) is 6.04 Å². The second kappa shape index (κ2) is 3.66. The number of halogens is 1. The smallest absolute Gasteiger partial charge is 0.326 e. The van der Waals surface area contributed by atoms with Crippen LogP contribution in [0.15, 0.2) is 0 Å². The fourth-order valence-corrected chi connectivity index (χ4v) is 0.351. The number of carbonyl (C=O) groups is 1. The Morgan fingerprint density at radius 2 is 2.33 bits per heavy atom. The average Bonchev–Trinajstić information content (AvgIpc) is 1.84. The van der Waals surface area contributed by atoms with Gasteiger partial charge in [-0.15, -0.1) is 0 Å². The molecule has 0 aromatic rings. The average molecular weight is 154 g/mol. The Hall–Kier alpha value is -0.320. The quantitative estimate of drug-likeness (QED) is 0.396. The third-order valence-corrected chi connectivity index (χ3v) is 1.04. The fraction of sp³-hybridized carbons (Fsp3) is 0.750. The molecule has 9 heavy (non-hydrogen) atoms. The van der Waals surface area contributed by atoms with E-state index in [1.54, 1.807) is 0 Å². The van der Waals surface area contributed by atoms with Gasteiger partial charge >= 0.3 is 5.97 Å². The summed E-state index contributed by atoms with van der Waals surface area (Å²) in [6.07, 6.45) is 0. The van der Waals surface area contributed by atoms with Gasteiger partial charge in [-0.2, -0.15) is 0 Å². The summed E-state index contributed by atoms with van der Waals surface area (Å²) in [7, 11) is 1.17. The number of carbonyl (C=O) groups excluding carboxylic acids is 1. The van der Waals surface area contributed by atoms with Crippen LogP contribution in [0.2, 0.25) is 0 Å². The van der Waals surface area contributed by atoms with Gasteiger partial charge in [0, 0.05) is 0 Å². The molecule has 0 radical (unpaired) electrons. The van der Waals surface area contributed by atoms with Crippen molar-refractivity contribution in [1.29, 1.82) is 0 Å². The standard InChI is InChI=1S/C4H8ClNO3/c1-9-4(8)2(6)3(5)7/h2-3,7H,6H2,1H3/t2-,3-/m0/s1. The number of hydrogen-bond donors (Lipinski definition) is 2. The Labute approximate surface area is 57.5 Å². The maximum absolute atomic E-state index is 10.4. The minimum atomic E-state index is -1.38. The number of methoxy groups -OCH3 is 1. The van der Waals surface area contributed by atoms with E-state index in [0.717, 1.165) is 0 Å².